The van der Waals surface area contributed by atoms with Crippen molar-refractivity contribution in [1.82, 2.24) is 0 Å². The first-order valence-corrected chi connectivity index (χ1v) is 27.1. The monoisotopic (exact) mass is 920 g/mol. The molecule has 0 spiro atoms. The minimum Gasteiger partial charge on any atom is -0.0647 e. The van der Waals surface area contributed by atoms with Crippen LogP contribution >= 0.6 is 0 Å². The van der Waals surface area contributed by atoms with E-state index in [1.807, 2.05) is 0 Å². The molecule has 0 unspecified atom stereocenters. The summed E-state index contributed by atoms with van der Waals surface area (Å²) >= 11 is 0. The Morgan fingerprint density at radius 2 is 0.486 bits per heavy atom. The van der Waals surface area contributed by atoms with Gasteiger partial charge in [0.25, 0.3) is 0 Å². The van der Waals surface area contributed by atoms with Crippen LogP contribution in [0, 0.1) is 41.5 Å². The Morgan fingerprint density at radius 1 is 0.271 bits per heavy atom. The predicted octanol–water partition coefficient (Wildman–Crippen LogP) is 17.1. The number of rotatable bonds is 10. The van der Waals surface area contributed by atoms with Crippen molar-refractivity contribution in [3.8, 4) is 66.8 Å². The van der Waals surface area contributed by atoms with E-state index < -0.39 is 8.07 Å². The van der Waals surface area contributed by atoms with Gasteiger partial charge in [-0.25, -0.2) is 0 Å². The zero-order valence-corrected chi connectivity index (χ0v) is 43.6. The van der Waals surface area contributed by atoms with Crippen LogP contribution in [0.3, 0.4) is 0 Å². The van der Waals surface area contributed by atoms with Gasteiger partial charge in [-0.05, 0) is 196 Å². The molecule has 0 aromatic heterocycles. The van der Waals surface area contributed by atoms with Crippen molar-refractivity contribution in [3.05, 3.63) is 256 Å². The van der Waals surface area contributed by atoms with E-state index in [-0.39, 0.29) is 5.54 Å². The number of hydrogen-bond donors (Lipinski definition) is 0. The molecule has 9 aromatic rings. The molecule has 0 N–H and O–H groups in total. The molecule has 10 rings (SSSR count). The maximum Gasteiger partial charge on any atom is 0.162 e. The van der Waals surface area contributed by atoms with Gasteiger partial charge in [-0.3, -0.25) is 0 Å². The largest absolute Gasteiger partial charge is 0.162 e. The van der Waals surface area contributed by atoms with Gasteiger partial charge in [0, 0.05) is 5.54 Å². The highest BCUT2D eigenvalue weighted by Gasteiger charge is 2.56. The van der Waals surface area contributed by atoms with Crippen LogP contribution in [0.2, 0.25) is 5.54 Å². The van der Waals surface area contributed by atoms with E-state index in [1.54, 1.807) is 0 Å². The Bertz CT molecular complexity index is 3110. The van der Waals surface area contributed by atoms with Gasteiger partial charge in [-0.1, -0.05) is 211 Å². The smallest absolute Gasteiger partial charge is 0.0647 e. The fraction of sp³-hybridized carbons (Fsp3) is 0.159. The second kappa shape index (κ2) is 18.9. The molecule has 0 nitrogen and oxygen atoms in total. The maximum atomic E-state index is 2.57. The van der Waals surface area contributed by atoms with Crippen LogP contribution in [0.15, 0.2) is 222 Å². The summed E-state index contributed by atoms with van der Waals surface area (Å²) in [5, 5.41) is 4.46. The number of aryl methyl sites for hydroxylation is 3. The van der Waals surface area contributed by atoms with Gasteiger partial charge in [0.05, 0.1) is 0 Å². The van der Waals surface area contributed by atoms with Crippen molar-refractivity contribution >= 4 is 23.6 Å². The van der Waals surface area contributed by atoms with Crippen molar-refractivity contribution in [3.63, 3.8) is 0 Å². The molecule has 344 valence electrons. The number of hydrogen-bond acceptors (Lipinski definition) is 0. The van der Waals surface area contributed by atoms with Crippen LogP contribution in [0.5, 0.6) is 0 Å². The van der Waals surface area contributed by atoms with E-state index in [0.29, 0.717) is 0 Å². The van der Waals surface area contributed by atoms with Crippen molar-refractivity contribution in [1.29, 1.82) is 0 Å². The van der Waals surface area contributed by atoms with Gasteiger partial charge in [0.1, 0.15) is 0 Å². The quantitative estimate of drug-likeness (QED) is 0.0947. The van der Waals surface area contributed by atoms with Crippen LogP contribution in [-0.2, 0) is 0 Å². The summed E-state index contributed by atoms with van der Waals surface area (Å²) in [6.07, 6.45) is 0. The van der Waals surface area contributed by atoms with Crippen LogP contribution in [-0.4, -0.2) is 8.07 Å². The summed E-state index contributed by atoms with van der Waals surface area (Å²) in [6.45, 7) is 24.2. The van der Waals surface area contributed by atoms with Crippen molar-refractivity contribution in [2.45, 2.75) is 74.8 Å². The summed E-state index contributed by atoms with van der Waals surface area (Å²) in [5.74, 6) is 0. The van der Waals surface area contributed by atoms with E-state index >= 15 is 0 Å². The minimum absolute atomic E-state index is 0.0555. The lowest BCUT2D eigenvalue weighted by atomic mass is 9.90. The molecular weight excluding hydrogens is 857 g/mol. The fourth-order valence-electron chi connectivity index (χ4n) is 13.0. The zero-order valence-electron chi connectivity index (χ0n) is 42.6. The lowest BCUT2D eigenvalue weighted by Crippen LogP contribution is -2.73. The minimum atomic E-state index is -3.69. The topological polar surface area (TPSA) is 0 Å². The second-order valence-electron chi connectivity index (χ2n) is 19.9. The average molecular weight is 921 g/mol. The van der Waals surface area contributed by atoms with E-state index in [2.05, 4.69) is 269 Å². The molecule has 1 heteroatoms. The van der Waals surface area contributed by atoms with Gasteiger partial charge < -0.3 is 0 Å². The SMILES string of the molecule is CC1=C(C)C([Si](c2c(-c3ccccc3)cc(C)c(-c3ccccc3)c2C)(c2c(-c3ccccc3)cc(C)c(-c3ccccc3)c2C)c2c(-c3ccccc3)cc(C)c(-c3ccccc3)c2C)C(C)=C1C. The van der Waals surface area contributed by atoms with Crippen LogP contribution in [0.4, 0.5) is 0 Å². The first-order chi connectivity index (χ1) is 33.9. The van der Waals surface area contributed by atoms with Gasteiger partial charge in [-0.2, -0.15) is 0 Å². The van der Waals surface area contributed by atoms with Gasteiger partial charge in [0.2, 0.25) is 0 Å². The molecule has 0 aliphatic heterocycles. The van der Waals surface area contributed by atoms with Gasteiger partial charge >= 0.3 is 0 Å². The molecule has 0 radical (unpaired) electrons. The number of benzene rings is 9. The Kier molecular flexibility index (Phi) is 12.5. The summed E-state index contributed by atoms with van der Waals surface area (Å²) in [7, 11) is -3.69. The standard InChI is InChI=1S/C69H64Si/c1-44-41-60(54-29-17-11-18-30-54)67(51(8)63(44)57-35-23-14-24-36-57)70(66-49(6)47(4)48(5)50(66)7,68-52(9)64(58-37-25-15-26-38-58)45(2)42-61(68)55-31-19-12-20-32-55)69-53(10)65(59-39-27-16-28-40-59)46(3)43-62(69)56-33-21-13-22-34-56/h11-43,66H,1-10H3. The molecule has 70 heavy (non-hydrogen) atoms. The van der Waals surface area contributed by atoms with Crippen molar-refractivity contribution in [2.75, 3.05) is 0 Å². The molecule has 0 saturated carbocycles. The Balaban J connectivity index is 1.60. The zero-order chi connectivity index (χ0) is 48.8. The van der Waals surface area contributed by atoms with E-state index in [1.165, 1.54) is 138 Å². The lowest BCUT2D eigenvalue weighted by Gasteiger charge is -2.48. The summed E-state index contributed by atoms with van der Waals surface area (Å²) < 4.78 is 0. The van der Waals surface area contributed by atoms with E-state index in [4.69, 9.17) is 0 Å². The Morgan fingerprint density at radius 3 is 0.714 bits per heavy atom. The highest BCUT2D eigenvalue weighted by molar-refractivity contribution is 7.15. The van der Waals surface area contributed by atoms with Gasteiger partial charge in [0.15, 0.2) is 8.07 Å². The van der Waals surface area contributed by atoms with Gasteiger partial charge in [-0.15, -0.1) is 0 Å². The summed E-state index contributed by atoms with van der Waals surface area (Å²) in [4.78, 5) is 0. The molecule has 0 amide bonds. The lowest BCUT2D eigenvalue weighted by molar-refractivity contribution is 1.09. The average Bonchev–Trinajstić information content (AvgIpc) is 3.58. The third-order valence-electron chi connectivity index (χ3n) is 16.0. The Hall–Kier alpha value is -7.32. The van der Waals surface area contributed by atoms with E-state index in [9.17, 15) is 0 Å². The first kappa shape index (κ1) is 46.4. The molecular formula is C69H64Si. The molecule has 0 atom stereocenters. The molecule has 1 aliphatic rings. The molecule has 0 heterocycles. The normalized spacial score (nSPS) is 13.1. The maximum absolute atomic E-state index is 3.69. The second-order valence-corrected chi connectivity index (χ2v) is 23.6. The fourth-order valence-corrected chi connectivity index (χ4v) is 20.4. The summed E-state index contributed by atoms with van der Waals surface area (Å²) in [6, 6.07) is 75.5. The molecule has 0 bridgehead atoms. The van der Waals surface area contributed by atoms with Crippen molar-refractivity contribution < 1.29 is 0 Å². The van der Waals surface area contributed by atoms with E-state index in [0.717, 1.165) is 0 Å². The highest BCUT2D eigenvalue weighted by atomic mass is 28.3. The van der Waals surface area contributed by atoms with Crippen LogP contribution < -0.4 is 15.6 Å². The third-order valence-corrected chi connectivity index (χ3v) is 22.0. The molecule has 9 aromatic carbocycles. The number of allylic oxidation sites excluding steroid dienone is 4. The predicted molar refractivity (Wildman–Crippen MR) is 306 cm³/mol. The Labute approximate surface area is 418 Å². The van der Waals surface area contributed by atoms with Crippen LogP contribution in [0.1, 0.15) is 61.1 Å². The third kappa shape index (κ3) is 7.59. The molecule has 1 aliphatic carbocycles. The highest BCUT2D eigenvalue weighted by Crippen LogP contribution is 2.52. The van der Waals surface area contributed by atoms with Crippen molar-refractivity contribution in [2.24, 2.45) is 0 Å². The first-order valence-electron chi connectivity index (χ1n) is 25.1. The summed E-state index contributed by atoms with van der Waals surface area (Å²) in [5.41, 5.74) is 29.2. The van der Waals surface area contributed by atoms with Crippen LogP contribution in [0.25, 0.3) is 66.8 Å². The molecule has 0 saturated heterocycles. The molecule has 0 fully saturated rings.